The SMILES string of the molecule is CNC(C)c1cnc(C2CCCS2)nc1C. The van der Waals surface area contributed by atoms with Gasteiger partial charge in [0.1, 0.15) is 5.82 Å². The quantitative estimate of drug-likeness (QED) is 0.877. The summed E-state index contributed by atoms with van der Waals surface area (Å²) in [4.78, 5) is 9.17. The minimum atomic E-state index is 0.324. The lowest BCUT2D eigenvalue weighted by Gasteiger charge is -2.14. The van der Waals surface area contributed by atoms with Crippen molar-refractivity contribution in [3.8, 4) is 0 Å². The summed E-state index contributed by atoms with van der Waals surface area (Å²) in [6.07, 6.45) is 4.51. The Morgan fingerprint density at radius 2 is 2.38 bits per heavy atom. The van der Waals surface area contributed by atoms with E-state index in [-0.39, 0.29) is 0 Å². The molecule has 1 aromatic heterocycles. The molecular formula is C12H19N3S. The van der Waals surface area contributed by atoms with Gasteiger partial charge in [-0.3, -0.25) is 0 Å². The lowest BCUT2D eigenvalue weighted by atomic mass is 10.1. The van der Waals surface area contributed by atoms with Crippen LogP contribution < -0.4 is 5.32 Å². The third-order valence-corrected chi connectivity index (χ3v) is 4.53. The van der Waals surface area contributed by atoms with E-state index < -0.39 is 0 Å². The molecule has 1 N–H and O–H groups in total. The minimum absolute atomic E-state index is 0.324. The Morgan fingerprint density at radius 1 is 1.56 bits per heavy atom. The summed E-state index contributed by atoms with van der Waals surface area (Å²) in [5, 5.41) is 3.75. The lowest BCUT2D eigenvalue weighted by Crippen LogP contribution is -2.15. The Bertz CT molecular complexity index is 361. The molecule has 0 spiro atoms. The third-order valence-electron chi connectivity index (χ3n) is 3.15. The van der Waals surface area contributed by atoms with Gasteiger partial charge in [0.15, 0.2) is 0 Å². The fraction of sp³-hybridized carbons (Fsp3) is 0.667. The zero-order valence-electron chi connectivity index (χ0n) is 10.2. The minimum Gasteiger partial charge on any atom is -0.313 e. The van der Waals surface area contributed by atoms with Gasteiger partial charge in [-0.2, -0.15) is 11.8 Å². The van der Waals surface area contributed by atoms with E-state index in [9.17, 15) is 0 Å². The van der Waals surface area contributed by atoms with E-state index in [1.807, 2.05) is 25.0 Å². The predicted molar refractivity (Wildman–Crippen MR) is 68.7 cm³/mol. The van der Waals surface area contributed by atoms with Gasteiger partial charge in [0.2, 0.25) is 0 Å². The number of hydrogen-bond donors (Lipinski definition) is 1. The number of rotatable bonds is 3. The van der Waals surface area contributed by atoms with Crippen LogP contribution in [0.4, 0.5) is 0 Å². The maximum atomic E-state index is 4.65. The number of nitrogens with zero attached hydrogens (tertiary/aromatic N) is 2. The average Bonchev–Trinajstić information content (AvgIpc) is 2.81. The summed E-state index contributed by atoms with van der Waals surface area (Å²) < 4.78 is 0. The van der Waals surface area contributed by atoms with Crippen molar-refractivity contribution in [2.75, 3.05) is 12.8 Å². The molecule has 0 amide bonds. The summed E-state index contributed by atoms with van der Waals surface area (Å²) in [6, 6.07) is 0.324. The van der Waals surface area contributed by atoms with Crippen molar-refractivity contribution in [3.63, 3.8) is 0 Å². The van der Waals surface area contributed by atoms with E-state index >= 15 is 0 Å². The topological polar surface area (TPSA) is 37.8 Å². The molecule has 2 unspecified atom stereocenters. The molecule has 2 rings (SSSR count). The molecule has 0 radical (unpaired) electrons. The zero-order valence-corrected chi connectivity index (χ0v) is 11.0. The van der Waals surface area contributed by atoms with Crippen molar-refractivity contribution in [1.82, 2.24) is 15.3 Å². The van der Waals surface area contributed by atoms with Crippen LogP contribution in [0.5, 0.6) is 0 Å². The van der Waals surface area contributed by atoms with E-state index in [1.165, 1.54) is 24.2 Å². The molecule has 1 aliphatic rings. The largest absolute Gasteiger partial charge is 0.313 e. The van der Waals surface area contributed by atoms with Crippen molar-refractivity contribution >= 4 is 11.8 Å². The molecule has 1 fully saturated rings. The summed E-state index contributed by atoms with van der Waals surface area (Å²) in [5.41, 5.74) is 2.31. The Morgan fingerprint density at radius 3 is 2.94 bits per heavy atom. The van der Waals surface area contributed by atoms with E-state index in [2.05, 4.69) is 29.1 Å². The first-order valence-electron chi connectivity index (χ1n) is 5.84. The first-order chi connectivity index (χ1) is 7.72. The molecule has 88 valence electrons. The van der Waals surface area contributed by atoms with Crippen LogP contribution in [0.15, 0.2) is 6.20 Å². The highest BCUT2D eigenvalue weighted by molar-refractivity contribution is 7.99. The Hall–Kier alpha value is -0.610. The van der Waals surface area contributed by atoms with Gasteiger partial charge >= 0.3 is 0 Å². The normalized spacial score (nSPS) is 22.3. The highest BCUT2D eigenvalue weighted by Crippen LogP contribution is 2.38. The third kappa shape index (κ3) is 2.38. The average molecular weight is 237 g/mol. The van der Waals surface area contributed by atoms with Crippen LogP contribution in [-0.2, 0) is 0 Å². The molecule has 0 aliphatic carbocycles. The Balaban J connectivity index is 2.21. The van der Waals surface area contributed by atoms with Gasteiger partial charge in [-0.05, 0) is 39.5 Å². The van der Waals surface area contributed by atoms with Gasteiger partial charge in [-0.1, -0.05) is 0 Å². The monoisotopic (exact) mass is 237 g/mol. The highest BCUT2D eigenvalue weighted by atomic mass is 32.2. The standard InChI is InChI=1S/C12H19N3S/c1-8(13-3)10-7-14-12(15-9(10)2)11-5-4-6-16-11/h7-8,11,13H,4-6H2,1-3H3. The number of nitrogens with one attached hydrogen (secondary N) is 1. The van der Waals surface area contributed by atoms with Gasteiger partial charge in [0.25, 0.3) is 0 Å². The molecule has 1 aliphatic heterocycles. The van der Waals surface area contributed by atoms with Crippen molar-refractivity contribution in [2.24, 2.45) is 0 Å². The Kier molecular flexibility index (Phi) is 3.82. The first kappa shape index (κ1) is 11.9. The molecule has 4 heteroatoms. The highest BCUT2D eigenvalue weighted by Gasteiger charge is 2.21. The van der Waals surface area contributed by atoms with Crippen molar-refractivity contribution in [3.05, 3.63) is 23.3 Å². The van der Waals surface area contributed by atoms with Crippen LogP contribution in [0.2, 0.25) is 0 Å². The molecule has 3 nitrogen and oxygen atoms in total. The van der Waals surface area contributed by atoms with Gasteiger partial charge in [0, 0.05) is 23.5 Å². The molecule has 2 atom stereocenters. The number of aryl methyl sites for hydroxylation is 1. The molecular weight excluding hydrogens is 218 g/mol. The number of hydrogen-bond acceptors (Lipinski definition) is 4. The van der Waals surface area contributed by atoms with E-state index in [0.717, 1.165) is 11.5 Å². The molecule has 0 saturated carbocycles. The van der Waals surface area contributed by atoms with Crippen LogP contribution in [0.3, 0.4) is 0 Å². The van der Waals surface area contributed by atoms with Crippen LogP contribution in [0.25, 0.3) is 0 Å². The maximum Gasteiger partial charge on any atom is 0.141 e. The van der Waals surface area contributed by atoms with Gasteiger partial charge in [0.05, 0.1) is 5.25 Å². The second kappa shape index (κ2) is 5.15. The van der Waals surface area contributed by atoms with Gasteiger partial charge in [-0.15, -0.1) is 0 Å². The van der Waals surface area contributed by atoms with Crippen LogP contribution >= 0.6 is 11.8 Å². The van der Waals surface area contributed by atoms with Gasteiger partial charge in [-0.25, -0.2) is 9.97 Å². The maximum absolute atomic E-state index is 4.65. The van der Waals surface area contributed by atoms with E-state index in [1.54, 1.807) is 0 Å². The molecule has 1 aromatic rings. The molecule has 2 heterocycles. The fourth-order valence-electron chi connectivity index (χ4n) is 2.01. The number of aromatic nitrogens is 2. The summed E-state index contributed by atoms with van der Waals surface area (Å²) >= 11 is 1.98. The Labute approximate surface area is 101 Å². The first-order valence-corrected chi connectivity index (χ1v) is 6.89. The molecule has 0 aromatic carbocycles. The second-order valence-corrected chi connectivity index (χ2v) is 5.59. The smallest absolute Gasteiger partial charge is 0.141 e. The van der Waals surface area contributed by atoms with E-state index in [4.69, 9.17) is 0 Å². The predicted octanol–water partition coefficient (Wildman–Crippen LogP) is 2.63. The second-order valence-electron chi connectivity index (χ2n) is 4.28. The van der Waals surface area contributed by atoms with Crippen molar-refractivity contribution in [1.29, 1.82) is 0 Å². The summed E-state index contributed by atoms with van der Waals surface area (Å²) in [7, 11) is 1.96. The lowest BCUT2D eigenvalue weighted by molar-refractivity contribution is 0.635. The zero-order chi connectivity index (χ0) is 11.5. The molecule has 1 saturated heterocycles. The van der Waals surface area contributed by atoms with Crippen LogP contribution in [0, 0.1) is 6.92 Å². The van der Waals surface area contributed by atoms with Crippen LogP contribution in [-0.4, -0.2) is 22.8 Å². The van der Waals surface area contributed by atoms with E-state index in [0.29, 0.717) is 11.3 Å². The summed E-state index contributed by atoms with van der Waals surface area (Å²) in [6.45, 7) is 4.21. The van der Waals surface area contributed by atoms with Gasteiger partial charge < -0.3 is 5.32 Å². The molecule has 16 heavy (non-hydrogen) atoms. The number of thioether (sulfide) groups is 1. The fourth-order valence-corrected chi connectivity index (χ4v) is 3.23. The van der Waals surface area contributed by atoms with Crippen molar-refractivity contribution < 1.29 is 0 Å². The summed E-state index contributed by atoms with van der Waals surface area (Å²) in [5.74, 6) is 2.27. The van der Waals surface area contributed by atoms with Crippen LogP contribution in [0.1, 0.15) is 48.1 Å². The van der Waals surface area contributed by atoms with Crippen molar-refractivity contribution in [2.45, 2.75) is 38.0 Å². The molecule has 0 bridgehead atoms.